The topological polar surface area (TPSA) is 85.4 Å². The number of piperidine rings is 2. The number of benzene rings is 1. The van der Waals surface area contributed by atoms with Gasteiger partial charge in [-0.25, -0.2) is 9.59 Å². The van der Waals surface area contributed by atoms with Crippen LogP contribution in [0.15, 0.2) is 30.3 Å². The fourth-order valence-electron chi connectivity index (χ4n) is 5.81. The number of amides is 4. The fraction of sp³-hybridized carbons (Fsp3) is 0.640. The van der Waals surface area contributed by atoms with E-state index in [-0.39, 0.29) is 0 Å². The number of nitrogens with one attached hydrogen (secondary N) is 1. The first kappa shape index (κ1) is 23.1. The third-order valence-electron chi connectivity index (χ3n) is 7.79. The third-order valence-corrected chi connectivity index (χ3v) is 7.79. The van der Waals surface area contributed by atoms with E-state index >= 15 is 0 Å². The van der Waals surface area contributed by atoms with Gasteiger partial charge in [-0.1, -0.05) is 42.3 Å². The first-order chi connectivity index (χ1) is 16.5. The summed E-state index contributed by atoms with van der Waals surface area (Å²) in [5, 5.41) is 4.16. The smallest absolute Gasteiger partial charge is 0.315 e. The van der Waals surface area contributed by atoms with Crippen LogP contribution in [0.1, 0.15) is 31.7 Å². The number of imide groups is 1. The molecule has 3 unspecified atom stereocenters. The lowest BCUT2D eigenvalue weighted by molar-refractivity contribution is -0.152. The number of hydroxylamine groups is 2. The Hall–Kier alpha value is -2.65. The van der Waals surface area contributed by atoms with Crippen molar-refractivity contribution in [1.29, 1.82) is 0 Å². The summed E-state index contributed by atoms with van der Waals surface area (Å²) in [5.74, 6) is 0.671. The van der Waals surface area contributed by atoms with Crippen molar-refractivity contribution in [2.75, 3.05) is 45.8 Å². The van der Waals surface area contributed by atoms with E-state index in [4.69, 9.17) is 4.84 Å². The minimum absolute atomic E-state index is 0.364. The van der Waals surface area contributed by atoms with Gasteiger partial charge in [-0.15, -0.1) is 0 Å². The monoisotopic (exact) mass is 469 g/mol. The van der Waals surface area contributed by atoms with Crippen LogP contribution in [0.3, 0.4) is 0 Å². The van der Waals surface area contributed by atoms with Crippen molar-refractivity contribution in [3.63, 3.8) is 0 Å². The highest BCUT2D eigenvalue weighted by molar-refractivity contribution is 6.04. The van der Waals surface area contributed by atoms with Crippen molar-refractivity contribution in [2.45, 2.75) is 44.7 Å². The van der Waals surface area contributed by atoms with Crippen LogP contribution in [0, 0.1) is 11.8 Å². The van der Waals surface area contributed by atoms with Crippen molar-refractivity contribution in [3.8, 4) is 0 Å². The summed E-state index contributed by atoms with van der Waals surface area (Å²) in [6.07, 6.45) is 3.23. The van der Waals surface area contributed by atoms with Gasteiger partial charge in [-0.2, -0.15) is 0 Å². The van der Waals surface area contributed by atoms with Gasteiger partial charge in [-0.05, 0) is 49.6 Å². The number of hydrogen-bond acceptors (Lipinski definition) is 6. The first-order valence-electron chi connectivity index (χ1n) is 12.6. The van der Waals surface area contributed by atoms with Crippen LogP contribution in [-0.4, -0.2) is 95.7 Å². The second kappa shape index (κ2) is 9.92. The zero-order valence-electron chi connectivity index (χ0n) is 19.9. The molecule has 4 aliphatic rings. The number of rotatable bonds is 4. The maximum absolute atomic E-state index is 13.0. The maximum Gasteiger partial charge on any atom is 0.434 e. The Morgan fingerprint density at radius 1 is 1.06 bits per heavy atom. The second-order valence-electron chi connectivity index (χ2n) is 10.2. The number of carbonyl (C=O) groups is 3. The number of fused-ring (bicyclic) bond motifs is 1. The molecule has 0 radical (unpaired) electrons. The molecular formula is C25H35N5O4. The lowest BCUT2D eigenvalue weighted by Gasteiger charge is -2.42. The minimum Gasteiger partial charge on any atom is -0.315 e. The lowest BCUT2D eigenvalue weighted by Crippen LogP contribution is -2.59. The standard InChI is InChI=1S/C25H35N5O4/c1-18-13-21(16-26-15-18)28-11-12-29-22(17-28)23(31)30(24(29)32)34-25(33)27-9-7-20(8-10-27)14-19-5-3-2-4-6-19/h2-6,18,20-22,26H,7-17H2,1H3. The van der Waals surface area contributed by atoms with Gasteiger partial charge < -0.3 is 20.0 Å². The normalized spacial score (nSPS) is 28.9. The molecule has 0 aromatic heterocycles. The van der Waals surface area contributed by atoms with Gasteiger partial charge in [0.05, 0.1) is 0 Å². The number of carbonyl (C=O) groups excluding carboxylic acids is 3. The van der Waals surface area contributed by atoms with Crippen molar-refractivity contribution in [1.82, 2.24) is 25.1 Å². The molecule has 3 atom stereocenters. The number of likely N-dealkylation sites (tertiary alicyclic amines) is 1. The Morgan fingerprint density at radius 3 is 2.56 bits per heavy atom. The molecule has 0 aliphatic carbocycles. The van der Waals surface area contributed by atoms with Crippen LogP contribution in [0.2, 0.25) is 0 Å². The van der Waals surface area contributed by atoms with E-state index in [0.29, 0.717) is 49.1 Å². The summed E-state index contributed by atoms with van der Waals surface area (Å²) in [4.78, 5) is 49.5. The molecule has 1 N–H and O–H groups in total. The van der Waals surface area contributed by atoms with E-state index in [0.717, 1.165) is 45.3 Å². The van der Waals surface area contributed by atoms with Crippen LogP contribution >= 0.6 is 0 Å². The number of piperazine rings is 1. The molecule has 4 fully saturated rings. The highest BCUT2D eigenvalue weighted by Crippen LogP contribution is 2.27. The molecule has 0 bridgehead atoms. The predicted molar refractivity (Wildman–Crippen MR) is 126 cm³/mol. The molecule has 34 heavy (non-hydrogen) atoms. The summed E-state index contributed by atoms with van der Waals surface area (Å²) in [5.41, 5.74) is 1.31. The number of urea groups is 1. The van der Waals surface area contributed by atoms with Gasteiger partial charge in [0.1, 0.15) is 6.04 Å². The molecule has 5 rings (SSSR count). The first-order valence-corrected chi connectivity index (χ1v) is 12.6. The summed E-state index contributed by atoms with van der Waals surface area (Å²) in [7, 11) is 0. The zero-order valence-corrected chi connectivity index (χ0v) is 19.9. The Bertz CT molecular complexity index is 904. The predicted octanol–water partition coefficient (Wildman–Crippen LogP) is 1.94. The molecule has 1 aromatic carbocycles. The van der Waals surface area contributed by atoms with Gasteiger partial charge in [0.25, 0.3) is 5.91 Å². The second-order valence-corrected chi connectivity index (χ2v) is 10.2. The van der Waals surface area contributed by atoms with Gasteiger partial charge in [0.15, 0.2) is 0 Å². The average molecular weight is 470 g/mol. The van der Waals surface area contributed by atoms with Crippen molar-refractivity contribution in [2.24, 2.45) is 11.8 Å². The SMILES string of the molecule is CC1CNCC(N2CCN3C(=O)N(OC(=O)N4CCC(Cc5ccccc5)CC4)C(=O)C3C2)C1. The summed E-state index contributed by atoms with van der Waals surface area (Å²) >= 11 is 0. The molecule has 4 amide bonds. The fourth-order valence-corrected chi connectivity index (χ4v) is 5.81. The molecule has 4 saturated heterocycles. The molecule has 1 aromatic rings. The largest absolute Gasteiger partial charge is 0.434 e. The quantitative estimate of drug-likeness (QED) is 0.679. The minimum atomic E-state index is -0.609. The van der Waals surface area contributed by atoms with Gasteiger partial charge in [-0.3, -0.25) is 9.69 Å². The van der Waals surface area contributed by atoms with E-state index in [1.54, 1.807) is 9.80 Å². The van der Waals surface area contributed by atoms with Crippen LogP contribution in [0.25, 0.3) is 0 Å². The third kappa shape index (κ3) is 4.77. The molecule has 0 spiro atoms. The Balaban J connectivity index is 1.13. The van der Waals surface area contributed by atoms with Gasteiger partial charge >= 0.3 is 12.1 Å². The van der Waals surface area contributed by atoms with Gasteiger partial charge in [0, 0.05) is 45.3 Å². The molecule has 0 saturated carbocycles. The van der Waals surface area contributed by atoms with Crippen molar-refractivity contribution in [3.05, 3.63) is 35.9 Å². The molecule has 4 heterocycles. The van der Waals surface area contributed by atoms with E-state index in [9.17, 15) is 14.4 Å². The van der Waals surface area contributed by atoms with E-state index in [1.165, 1.54) is 5.56 Å². The average Bonchev–Trinajstić information content (AvgIpc) is 3.09. The molecule has 9 nitrogen and oxygen atoms in total. The van der Waals surface area contributed by atoms with E-state index in [1.807, 2.05) is 18.2 Å². The van der Waals surface area contributed by atoms with Gasteiger partial charge in [0.2, 0.25) is 0 Å². The van der Waals surface area contributed by atoms with Crippen molar-refractivity contribution < 1.29 is 19.2 Å². The Morgan fingerprint density at radius 2 is 1.82 bits per heavy atom. The number of nitrogens with zero attached hydrogens (tertiary/aromatic N) is 4. The van der Waals surface area contributed by atoms with Crippen molar-refractivity contribution >= 4 is 18.0 Å². The number of hydrogen-bond donors (Lipinski definition) is 1. The lowest BCUT2D eigenvalue weighted by atomic mass is 9.90. The zero-order chi connectivity index (χ0) is 23.7. The van der Waals surface area contributed by atoms with E-state index in [2.05, 4.69) is 29.3 Å². The van der Waals surface area contributed by atoms with E-state index < -0.39 is 24.1 Å². The van der Waals surface area contributed by atoms with Crippen LogP contribution in [0.4, 0.5) is 9.59 Å². The maximum atomic E-state index is 13.0. The summed E-state index contributed by atoms with van der Waals surface area (Å²) < 4.78 is 0. The molecule has 184 valence electrons. The highest BCUT2D eigenvalue weighted by Gasteiger charge is 2.51. The Labute approximate surface area is 200 Å². The van der Waals surface area contributed by atoms with Crippen LogP contribution in [-0.2, 0) is 16.1 Å². The highest BCUT2D eigenvalue weighted by atomic mass is 16.7. The summed E-state index contributed by atoms with van der Waals surface area (Å²) in [6, 6.07) is 9.64. The van der Waals surface area contributed by atoms with Crippen LogP contribution < -0.4 is 5.32 Å². The molecule has 9 heteroatoms. The molecule has 4 aliphatic heterocycles. The molecular weight excluding hydrogens is 434 g/mol. The summed E-state index contributed by atoms with van der Waals surface area (Å²) in [6.45, 7) is 6.97. The Kier molecular flexibility index (Phi) is 6.74. The van der Waals surface area contributed by atoms with Crippen LogP contribution in [0.5, 0.6) is 0 Å².